The lowest BCUT2D eigenvalue weighted by Crippen LogP contribution is -2.46. The van der Waals surface area contributed by atoms with Crippen LogP contribution in [0.25, 0.3) is 10.8 Å². The number of hydrogen-bond donors (Lipinski definition) is 2. The van der Waals surface area contributed by atoms with E-state index < -0.39 is 0 Å². The van der Waals surface area contributed by atoms with E-state index in [0.717, 1.165) is 19.5 Å². The maximum atomic E-state index is 12.5. The maximum absolute atomic E-state index is 12.5. The van der Waals surface area contributed by atoms with E-state index in [2.05, 4.69) is 66.9 Å². The van der Waals surface area contributed by atoms with E-state index in [1.807, 2.05) is 0 Å². The number of hydrogen-bond acceptors (Lipinski definition) is 2. The lowest BCUT2D eigenvalue weighted by molar-refractivity contribution is -0.124. The van der Waals surface area contributed by atoms with E-state index in [9.17, 15) is 4.79 Å². The van der Waals surface area contributed by atoms with Gasteiger partial charge in [0.25, 0.3) is 0 Å². The van der Waals surface area contributed by atoms with Crippen LogP contribution in [0.2, 0.25) is 0 Å². The zero-order chi connectivity index (χ0) is 16.0. The first-order chi connectivity index (χ1) is 11.1. The summed E-state index contributed by atoms with van der Waals surface area (Å²) >= 11 is 0. The van der Waals surface area contributed by atoms with Gasteiger partial charge in [0.05, 0.1) is 0 Å². The number of carbonyl (C=O) groups is 1. The molecule has 2 aromatic carbocycles. The summed E-state index contributed by atoms with van der Waals surface area (Å²) in [5.41, 5.74) is 1.07. The Labute approximate surface area is 137 Å². The van der Waals surface area contributed by atoms with Gasteiger partial charge in [-0.15, -0.1) is 0 Å². The first-order valence-corrected chi connectivity index (χ1v) is 8.54. The van der Waals surface area contributed by atoms with Crippen LogP contribution in [0.15, 0.2) is 42.5 Å². The van der Waals surface area contributed by atoms with E-state index in [1.165, 1.54) is 16.3 Å². The molecule has 3 heteroatoms. The van der Waals surface area contributed by atoms with Crippen molar-refractivity contribution in [3.8, 4) is 0 Å². The molecule has 0 spiro atoms. The summed E-state index contributed by atoms with van der Waals surface area (Å²) in [6, 6.07) is 14.9. The van der Waals surface area contributed by atoms with Crippen LogP contribution >= 0.6 is 0 Å². The fraction of sp³-hybridized carbons (Fsp3) is 0.450. The number of benzene rings is 2. The molecule has 0 radical (unpaired) electrons. The minimum Gasteiger partial charge on any atom is -0.351 e. The van der Waals surface area contributed by atoms with Crippen molar-refractivity contribution in [2.45, 2.75) is 25.8 Å². The second-order valence-corrected chi connectivity index (χ2v) is 7.70. The molecule has 2 atom stereocenters. The lowest BCUT2D eigenvalue weighted by Gasteiger charge is -2.27. The van der Waals surface area contributed by atoms with Gasteiger partial charge in [0.15, 0.2) is 0 Å². The Kier molecular flexibility index (Phi) is 3.42. The predicted octanol–water partition coefficient (Wildman–Crippen LogP) is 2.74. The minimum atomic E-state index is -0.231. The van der Waals surface area contributed by atoms with Crippen LogP contribution in [0.4, 0.5) is 0 Å². The molecule has 120 valence electrons. The van der Waals surface area contributed by atoms with Gasteiger partial charge in [-0.1, -0.05) is 42.5 Å². The number of amides is 1. The van der Waals surface area contributed by atoms with E-state index in [-0.39, 0.29) is 17.4 Å². The second kappa shape index (κ2) is 5.34. The Morgan fingerprint density at radius 1 is 1.13 bits per heavy atom. The summed E-state index contributed by atoms with van der Waals surface area (Å²) in [7, 11) is 0. The molecule has 1 amide bonds. The molecule has 2 aliphatic rings. The summed E-state index contributed by atoms with van der Waals surface area (Å²) in [4.78, 5) is 12.5. The van der Waals surface area contributed by atoms with Gasteiger partial charge in [-0.2, -0.15) is 0 Å². The highest BCUT2D eigenvalue weighted by atomic mass is 16.2. The normalized spacial score (nSPS) is 26.1. The quantitative estimate of drug-likeness (QED) is 0.912. The first-order valence-electron chi connectivity index (χ1n) is 8.54. The molecule has 1 saturated carbocycles. The van der Waals surface area contributed by atoms with Crippen LogP contribution in [-0.2, 0) is 11.2 Å². The standard InChI is InChI=1S/C20H24N2O/c1-20(2,22-19(23)18-16-11-21-12-17(16)18)10-14-8-5-7-13-6-3-4-9-15(13)14/h3-9,16-18,21H,10-12H2,1-2H3,(H,22,23). The van der Waals surface area contributed by atoms with Gasteiger partial charge >= 0.3 is 0 Å². The average molecular weight is 308 g/mol. The summed E-state index contributed by atoms with van der Waals surface area (Å²) < 4.78 is 0. The molecule has 2 N–H and O–H groups in total. The largest absolute Gasteiger partial charge is 0.351 e. The van der Waals surface area contributed by atoms with Crippen molar-refractivity contribution < 1.29 is 4.79 Å². The van der Waals surface area contributed by atoms with Gasteiger partial charge in [0.2, 0.25) is 5.91 Å². The maximum Gasteiger partial charge on any atom is 0.224 e. The highest BCUT2D eigenvalue weighted by Crippen LogP contribution is 2.48. The molecule has 1 heterocycles. The van der Waals surface area contributed by atoms with Crippen LogP contribution < -0.4 is 10.6 Å². The fourth-order valence-corrected chi connectivity index (χ4v) is 4.19. The molecule has 1 aliphatic heterocycles. The molecule has 2 fully saturated rings. The zero-order valence-corrected chi connectivity index (χ0v) is 13.8. The molecule has 0 aromatic heterocycles. The Morgan fingerprint density at radius 3 is 2.61 bits per heavy atom. The average Bonchev–Trinajstić information content (AvgIpc) is 3.01. The van der Waals surface area contributed by atoms with Gasteiger partial charge < -0.3 is 10.6 Å². The van der Waals surface area contributed by atoms with Crippen LogP contribution in [0.1, 0.15) is 19.4 Å². The number of rotatable bonds is 4. The third kappa shape index (κ3) is 2.74. The Bertz CT molecular complexity index is 737. The highest BCUT2D eigenvalue weighted by molar-refractivity contribution is 5.86. The van der Waals surface area contributed by atoms with E-state index in [4.69, 9.17) is 0 Å². The lowest BCUT2D eigenvalue weighted by atomic mass is 9.91. The minimum absolute atomic E-state index is 0.231. The predicted molar refractivity (Wildman–Crippen MR) is 93.2 cm³/mol. The van der Waals surface area contributed by atoms with Crippen molar-refractivity contribution in [2.75, 3.05) is 13.1 Å². The summed E-state index contributed by atoms with van der Waals surface area (Å²) in [6.07, 6.45) is 0.848. The molecule has 2 aromatic rings. The fourth-order valence-electron chi connectivity index (χ4n) is 4.19. The zero-order valence-electron chi connectivity index (χ0n) is 13.8. The van der Waals surface area contributed by atoms with Crippen molar-refractivity contribution in [1.82, 2.24) is 10.6 Å². The summed E-state index contributed by atoms with van der Waals surface area (Å²) in [6.45, 7) is 6.27. The number of carbonyl (C=O) groups excluding carboxylic acids is 1. The number of piperidine rings is 1. The first kappa shape index (κ1) is 14.7. The van der Waals surface area contributed by atoms with Crippen molar-refractivity contribution in [2.24, 2.45) is 17.8 Å². The van der Waals surface area contributed by atoms with Gasteiger partial charge in [-0.3, -0.25) is 4.79 Å². The van der Waals surface area contributed by atoms with Crippen molar-refractivity contribution >= 4 is 16.7 Å². The molecular formula is C20H24N2O. The topological polar surface area (TPSA) is 41.1 Å². The van der Waals surface area contributed by atoms with Crippen molar-refractivity contribution in [3.05, 3.63) is 48.0 Å². The summed E-state index contributed by atoms with van der Waals surface area (Å²) in [5.74, 6) is 1.63. The van der Waals surface area contributed by atoms with Crippen LogP contribution in [0, 0.1) is 17.8 Å². The molecule has 0 bridgehead atoms. The van der Waals surface area contributed by atoms with Crippen LogP contribution in [0.3, 0.4) is 0 Å². The Morgan fingerprint density at radius 2 is 1.83 bits per heavy atom. The second-order valence-electron chi connectivity index (χ2n) is 7.70. The Hall–Kier alpha value is -1.87. The molecular weight excluding hydrogens is 284 g/mol. The smallest absolute Gasteiger partial charge is 0.224 e. The van der Waals surface area contributed by atoms with Gasteiger partial charge in [-0.25, -0.2) is 0 Å². The van der Waals surface area contributed by atoms with Crippen molar-refractivity contribution in [1.29, 1.82) is 0 Å². The van der Waals surface area contributed by atoms with Gasteiger partial charge in [0, 0.05) is 11.5 Å². The third-order valence-corrected chi connectivity index (χ3v) is 5.37. The Balaban J connectivity index is 1.49. The summed E-state index contributed by atoms with van der Waals surface area (Å²) in [5, 5.41) is 9.18. The monoisotopic (exact) mass is 308 g/mol. The molecule has 1 aliphatic carbocycles. The van der Waals surface area contributed by atoms with Crippen LogP contribution in [0.5, 0.6) is 0 Å². The van der Waals surface area contributed by atoms with Crippen molar-refractivity contribution in [3.63, 3.8) is 0 Å². The molecule has 4 rings (SSSR count). The third-order valence-electron chi connectivity index (χ3n) is 5.37. The molecule has 3 nitrogen and oxygen atoms in total. The highest BCUT2D eigenvalue weighted by Gasteiger charge is 2.57. The SMILES string of the molecule is CC(C)(Cc1cccc2ccccc12)NC(=O)C1C2CNCC21. The number of nitrogens with one attached hydrogen (secondary N) is 2. The van der Waals surface area contributed by atoms with Gasteiger partial charge in [0.1, 0.15) is 0 Å². The van der Waals surface area contributed by atoms with E-state index in [0.29, 0.717) is 11.8 Å². The van der Waals surface area contributed by atoms with E-state index >= 15 is 0 Å². The van der Waals surface area contributed by atoms with Gasteiger partial charge in [-0.05, 0) is 61.5 Å². The molecule has 23 heavy (non-hydrogen) atoms. The van der Waals surface area contributed by atoms with E-state index in [1.54, 1.807) is 0 Å². The molecule has 1 saturated heterocycles. The number of fused-ring (bicyclic) bond motifs is 2. The van der Waals surface area contributed by atoms with Crippen LogP contribution in [-0.4, -0.2) is 24.5 Å². The molecule has 2 unspecified atom stereocenters.